The fraction of sp³-hybridized carbons (Fsp3) is 0.700. The molecule has 0 aromatic rings. The van der Waals surface area contributed by atoms with Gasteiger partial charge in [-0.15, -0.1) is 0 Å². The number of unbranched alkanes of at least 4 members (excludes halogenated alkanes) is 17. The maximum atomic E-state index is 12.7. The number of rotatable bonds is 40. The van der Waals surface area contributed by atoms with E-state index in [1.54, 1.807) is 0 Å². The molecule has 0 saturated carbocycles. The van der Waals surface area contributed by atoms with E-state index in [2.05, 4.69) is 93.7 Å². The molecule has 6 nitrogen and oxygen atoms in total. The van der Waals surface area contributed by atoms with Crippen LogP contribution in [0.5, 0.6) is 0 Å². The summed E-state index contributed by atoms with van der Waals surface area (Å²) < 4.78 is 16.7. The summed E-state index contributed by atoms with van der Waals surface area (Å²) in [6.45, 7) is 6.33. The summed E-state index contributed by atoms with van der Waals surface area (Å²) in [7, 11) is 0. The van der Waals surface area contributed by atoms with Gasteiger partial charge in [-0.05, 0) is 103 Å². The molecule has 1 atom stereocenters. The van der Waals surface area contributed by atoms with Crippen LogP contribution in [0.4, 0.5) is 0 Å². The molecule has 1 unspecified atom stereocenters. The van der Waals surface area contributed by atoms with Crippen LogP contribution in [-0.2, 0) is 28.6 Å². The van der Waals surface area contributed by atoms with E-state index in [1.165, 1.54) is 38.5 Å². The van der Waals surface area contributed by atoms with Gasteiger partial charge in [-0.2, -0.15) is 0 Å². The van der Waals surface area contributed by atoms with Crippen molar-refractivity contribution in [3.63, 3.8) is 0 Å². The lowest BCUT2D eigenvalue weighted by Crippen LogP contribution is -2.30. The Labute approximate surface area is 344 Å². The van der Waals surface area contributed by atoms with Crippen LogP contribution in [0.1, 0.15) is 207 Å². The van der Waals surface area contributed by atoms with Crippen LogP contribution < -0.4 is 0 Å². The number of allylic oxidation sites excluding steroid dienone is 12. The van der Waals surface area contributed by atoms with E-state index < -0.39 is 6.10 Å². The second-order valence-corrected chi connectivity index (χ2v) is 14.9. The van der Waals surface area contributed by atoms with E-state index in [1.807, 2.05) is 0 Å². The average molecular weight is 781 g/mol. The molecule has 0 bridgehead atoms. The third-order valence-corrected chi connectivity index (χ3v) is 9.43. The predicted molar refractivity (Wildman–Crippen MR) is 238 cm³/mol. The minimum atomic E-state index is -0.793. The van der Waals surface area contributed by atoms with E-state index in [4.69, 9.17) is 14.2 Å². The highest BCUT2D eigenvalue weighted by atomic mass is 16.6. The van der Waals surface area contributed by atoms with Crippen LogP contribution in [0.2, 0.25) is 0 Å². The van der Waals surface area contributed by atoms with Crippen LogP contribution >= 0.6 is 0 Å². The SMILES string of the molecule is CC/C=C\C/C=C\C/C=C\CCCCCCC(=O)OCC(COC(=O)CCCCCCC/C=C\CCCCC)OC(=O)CCCCCCC/C=C\C/C=C\CC. The largest absolute Gasteiger partial charge is 0.462 e. The van der Waals surface area contributed by atoms with Crippen molar-refractivity contribution < 1.29 is 28.6 Å². The molecule has 56 heavy (non-hydrogen) atoms. The monoisotopic (exact) mass is 781 g/mol. The highest BCUT2D eigenvalue weighted by Crippen LogP contribution is 2.13. The first-order valence-corrected chi connectivity index (χ1v) is 22.9. The lowest BCUT2D eigenvalue weighted by molar-refractivity contribution is -0.167. The standard InChI is InChI=1S/C50H84O6/c1-4-7-10-13-16-19-22-25-26-29-31-34-37-40-43-49(52)55-46-47(56-50(53)44-41-38-35-32-28-24-21-18-15-12-9-6-3)45-54-48(51)42-39-36-33-30-27-23-20-17-14-11-8-5-2/h7,9-10,12,16-21,25-26,47H,4-6,8,11,13-15,22-24,27-46H2,1-3H3/b10-7-,12-9-,19-16-,20-17-,21-18-,26-25-. The van der Waals surface area contributed by atoms with Crippen LogP contribution in [0, 0.1) is 0 Å². The summed E-state index contributed by atoms with van der Waals surface area (Å²) in [5.41, 5.74) is 0. The third kappa shape index (κ3) is 42.0. The van der Waals surface area contributed by atoms with Gasteiger partial charge in [0, 0.05) is 19.3 Å². The van der Waals surface area contributed by atoms with Crippen LogP contribution in [0.25, 0.3) is 0 Å². The Hall–Kier alpha value is -3.15. The minimum absolute atomic E-state index is 0.0938. The van der Waals surface area contributed by atoms with Gasteiger partial charge >= 0.3 is 17.9 Å². The number of hydrogen-bond donors (Lipinski definition) is 0. The number of carbonyl (C=O) groups excluding carboxylic acids is 3. The Morgan fingerprint density at radius 2 is 0.696 bits per heavy atom. The molecule has 0 aliphatic heterocycles. The second kappa shape index (κ2) is 44.6. The zero-order valence-electron chi connectivity index (χ0n) is 36.4. The molecule has 0 heterocycles. The van der Waals surface area contributed by atoms with Crippen LogP contribution in [0.15, 0.2) is 72.9 Å². The molecule has 0 amide bonds. The zero-order valence-corrected chi connectivity index (χ0v) is 36.4. The predicted octanol–water partition coefficient (Wildman–Crippen LogP) is 14.7. The zero-order chi connectivity index (χ0) is 40.8. The smallest absolute Gasteiger partial charge is 0.306 e. The van der Waals surface area contributed by atoms with Crippen molar-refractivity contribution in [3.8, 4) is 0 Å². The number of hydrogen-bond acceptors (Lipinski definition) is 6. The Morgan fingerprint density at radius 1 is 0.375 bits per heavy atom. The Bertz CT molecular complexity index is 1080. The Kier molecular flexibility index (Phi) is 42.1. The maximum absolute atomic E-state index is 12.7. The van der Waals surface area contributed by atoms with Gasteiger partial charge in [0.2, 0.25) is 0 Å². The van der Waals surface area contributed by atoms with Crippen molar-refractivity contribution in [1.82, 2.24) is 0 Å². The molecule has 320 valence electrons. The quantitative estimate of drug-likeness (QED) is 0.0267. The summed E-state index contributed by atoms with van der Waals surface area (Å²) in [6, 6.07) is 0. The van der Waals surface area contributed by atoms with Gasteiger partial charge in [-0.25, -0.2) is 0 Å². The van der Waals surface area contributed by atoms with E-state index in [0.717, 1.165) is 128 Å². The first-order chi connectivity index (χ1) is 27.5. The average Bonchev–Trinajstić information content (AvgIpc) is 3.19. The molecule has 0 spiro atoms. The van der Waals surface area contributed by atoms with Gasteiger partial charge in [0.25, 0.3) is 0 Å². The van der Waals surface area contributed by atoms with Crippen molar-refractivity contribution in [1.29, 1.82) is 0 Å². The van der Waals surface area contributed by atoms with Crippen molar-refractivity contribution in [2.24, 2.45) is 0 Å². The first kappa shape index (κ1) is 52.9. The summed E-state index contributed by atoms with van der Waals surface area (Å²) in [5.74, 6) is -0.946. The molecule has 0 fully saturated rings. The van der Waals surface area contributed by atoms with Gasteiger partial charge in [0.1, 0.15) is 13.2 Å². The summed E-state index contributed by atoms with van der Waals surface area (Å²) in [6.07, 6.45) is 54.5. The number of ether oxygens (including phenoxy) is 3. The van der Waals surface area contributed by atoms with E-state index in [-0.39, 0.29) is 31.1 Å². The van der Waals surface area contributed by atoms with Crippen LogP contribution in [-0.4, -0.2) is 37.2 Å². The Morgan fingerprint density at radius 3 is 1.11 bits per heavy atom. The maximum Gasteiger partial charge on any atom is 0.306 e. The van der Waals surface area contributed by atoms with Crippen LogP contribution in [0.3, 0.4) is 0 Å². The second-order valence-electron chi connectivity index (χ2n) is 14.9. The molecular formula is C50H84O6. The molecule has 0 aliphatic carbocycles. The van der Waals surface area contributed by atoms with E-state index >= 15 is 0 Å². The molecule has 0 aromatic heterocycles. The van der Waals surface area contributed by atoms with Gasteiger partial charge < -0.3 is 14.2 Å². The van der Waals surface area contributed by atoms with Gasteiger partial charge in [0.15, 0.2) is 6.10 Å². The molecule has 0 radical (unpaired) electrons. The lowest BCUT2D eigenvalue weighted by atomic mass is 10.1. The molecule has 0 aromatic carbocycles. The van der Waals surface area contributed by atoms with Gasteiger partial charge in [-0.1, -0.05) is 158 Å². The lowest BCUT2D eigenvalue weighted by Gasteiger charge is -2.18. The molecule has 0 aliphatic rings. The fourth-order valence-corrected chi connectivity index (χ4v) is 6.02. The van der Waals surface area contributed by atoms with E-state index in [0.29, 0.717) is 19.3 Å². The summed E-state index contributed by atoms with van der Waals surface area (Å²) in [4.78, 5) is 37.7. The van der Waals surface area contributed by atoms with E-state index in [9.17, 15) is 14.4 Å². The minimum Gasteiger partial charge on any atom is -0.462 e. The normalized spacial score (nSPS) is 12.7. The summed E-state index contributed by atoms with van der Waals surface area (Å²) in [5, 5.41) is 0. The highest BCUT2D eigenvalue weighted by molar-refractivity contribution is 5.71. The van der Waals surface area contributed by atoms with Crippen molar-refractivity contribution in [3.05, 3.63) is 72.9 Å². The Balaban J connectivity index is 4.45. The molecule has 6 heteroatoms. The topological polar surface area (TPSA) is 78.9 Å². The molecule has 0 N–H and O–H groups in total. The number of esters is 3. The van der Waals surface area contributed by atoms with Crippen molar-refractivity contribution in [2.45, 2.75) is 213 Å². The fourth-order valence-electron chi connectivity index (χ4n) is 6.02. The number of carbonyl (C=O) groups is 3. The molecular weight excluding hydrogens is 697 g/mol. The van der Waals surface area contributed by atoms with Crippen molar-refractivity contribution in [2.75, 3.05) is 13.2 Å². The summed E-state index contributed by atoms with van der Waals surface area (Å²) >= 11 is 0. The first-order valence-electron chi connectivity index (χ1n) is 22.9. The third-order valence-electron chi connectivity index (χ3n) is 9.43. The molecule has 0 saturated heterocycles. The highest BCUT2D eigenvalue weighted by Gasteiger charge is 2.19. The molecule has 0 rings (SSSR count). The van der Waals surface area contributed by atoms with Crippen molar-refractivity contribution >= 4 is 17.9 Å². The van der Waals surface area contributed by atoms with Gasteiger partial charge in [0.05, 0.1) is 0 Å². The van der Waals surface area contributed by atoms with Gasteiger partial charge in [-0.3, -0.25) is 14.4 Å².